The van der Waals surface area contributed by atoms with Crippen molar-refractivity contribution < 1.29 is 62.3 Å². The first-order valence-electron chi connectivity index (χ1n) is 11.7. The molecule has 0 radical (unpaired) electrons. The number of alkyl carbamates (subject to hydrolysis) is 1. The maximum absolute atomic E-state index is 12.2. The lowest BCUT2D eigenvalue weighted by atomic mass is 9.95. The highest BCUT2D eigenvalue weighted by Gasteiger charge is 2.52. The van der Waals surface area contributed by atoms with Crippen LogP contribution in [-0.2, 0) is 52.4 Å². The van der Waals surface area contributed by atoms with Crippen molar-refractivity contribution in [3.63, 3.8) is 0 Å². The lowest BCUT2D eigenvalue weighted by Crippen LogP contribution is -2.67. The van der Waals surface area contributed by atoms with Gasteiger partial charge in [-0.2, -0.15) is 0 Å². The summed E-state index contributed by atoms with van der Waals surface area (Å²) in [6.07, 6.45) is -7.85. The van der Waals surface area contributed by atoms with E-state index in [0.29, 0.717) is 0 Å². The van der Waals surface area contributed by atoms with E-state index < -0.39 is 90.9 Å². The van der Waals surface area contributed by atoms with Crippen molar-refractivity contribution in [3.8, 4) is 0 Å². The molecule has 0 saturated carbocycles. The Bertz CT molecular complexity index is 900. The van der Waals surface area contributed by atoms with Crippen LogP contribution in [0.2, 0.25) is 0 Å². The average Bonchev–Trinajstić information content (AvgIpc) is 2.72. The second-order valence-corrected chi connectivity index (χ2v) is 9.52. The Morgan fingerprint density at radius 3 is 1.92 bits per heavy atom. The molecule has 1 fully saturated rings. The van der Waals surface area contributed by atoms with E-state index in [1.165, 1.54) is 6.92 Å². The summed E-state index contributed by atoms with van der Waals surface area (Å²) < 4.78 is 32.4. The molecule has 1 aliphatic rings. The van der Waals surface area contributed by atoms with Crippen LogP contribution in [0, 0.1) is 0 Å². The minimum absolute atomic E-state index is 0.468. The van der Waals surface area contributed by atoms with Crippen molar-refractivity contribution >= 4 is 35.9 Å². The molecule has 0 aromatic rings. The monoisotopic (exact) mass is 548 g/mol. The van der Waals surface area contributed by atoms with Crippen LogP contribution in [0.1, 0.15) is 55.4 Å². The highest BCUT2D eigenvalue weighted by atomic mass is 16.7. The minimum atomic E-state index is -1.64. The maximum Gasteiger partial charge on any atom is 0.408 e. The predicted octanol–water partition coefficient (Wildman–Crippen LogP) is 0.0255. The summed E-state index contributed by atoms with van der Waals surface area (Å²) in [5, 5.41) is 14.4. The van der Waals surface area contributed by atoms with Crippen molar-refractivity contribution in [1.82, 2.24) is 10.6 Å². The number of hydrogen-bond donors (Lipinski definition) is 3. The molecule has 1 aliphatic heterocycles. The zero-order chi connectivity index (χ0) is 29.4. The quantitative estimate of drug-likeness (QED) is 0.244. The third-order valence-corrected chi connectivity index (χ3v) is 4.83. The SMILES string of the molecule is CC(=O)NC1[C@H](O[C@H](C)[C@H](NC(=O)OC(C)(C)C)C(=O)O)OC(COC(C)=O)[C@@H](OC(C)=O)[C@@H]1OC(C)=O. The molecule has 0 aliphatic carbocycles. The number of esters is 3. The molecule has 38 heavy (non-hydrogen) atoms. The fourth-order valence-corrected chi connectivity index (χ4v) is 3.51. The molecule has 1 rings (SSSR count). The Balaban J connectivity index is 3.38. The van der Waals surface area contributed by atoms with Crippen LogP contribution in [-0.4, -0.2) is 96.0 Å². The number of rotatable bonds is 10. The summed E-state index contributed by atoms with van der Waals surface area (Å²) in [5.74, 6) is -4.37. The lowest BCUT2D eigenvalue weighted by molar-refractivity contribution is -0.287. The van der Waals surface area contributed by atoms with Crippen LogP contribution < -0.4 is 10.6 Å². The molecular weight excluding hydrogens is 512 g/mol. The molecule has 1 saturated heterocycles. The molecule has 216 valence electrons. The van der Waals surface area contributed by atoms with Crippen molar-refractivity contribution in [1.29, 1.82) is 0 Å². The Morgan fingerprint density at radius 1 is 0.921 bits per heavy atom. The number of carboxylic acid groups (broad SMARTS) is 1. The van der Waals surface area contributed by atoms with Gasteiger partial charge in [0.25, 0.3) is 0 Å². The first-order chi connectivity index (χ1) is 17.4. The minimum Gasteiger partial charge on any atom is -0.480 e. The number of hydrogen-bond acceptors (Lipinski definition) is 12. The standard InChI is InChI=1S/C23H36N2O13/c1-10(16(20(30)31)25-22(32)38-23(6,7)8)34-21-17(24-11(2)26)19(36-14(5)29)18(35-13(4)28)15(37-21)9-33-12(3)27/h10,15-19,21H,9H2,1-8H3,(H,24,26)(H,25,32)(H,30,31)/t10-,15?,16+,17?,18-,19-,21-/m1/s1. The van der Waals surface area contributed by atoms with Crippen LogP contribution in [0.3, 0.4) is 0 Å². The molecule has 2 amide bonds. The smallest absolute Gasteiger partial charge is 0.408 e. The lowest BCUT2D eigenvalue weighted by Gasteiger charge is -2.45. The van der Waals surface area contributed by atoms with E-state index in [4.69, 9.17) is 28.4 Å². The Kier molecular flexibility index (Phi) is 11.9. The number of ether oxygens (including phenoxy) is 6. The fourth-order valence-electron chi connectivity index (χ4n) is 3.51. The van der Waals surface area contributed by atoms with Gasteiger partial charge < -0.3 is 44.2 Å². The fraction of sp³-hybridized carbons (Fsp3) is 0.739. The van der Waals surface area contributed by atoms with E-state index in [9.17, 15) is 33.9 Å². The van der Waals surface area contributed by atoms with Crippen LogP contribution >= 0.6 is 0 Å². The first kappa shape index (κ1) is 32.6. The maximum atomic E-state index is 12.2. The van der Waals surface area contributed by atoms with Crippen LogP contribution in [0.25, 0.3) is 0 Å². The van der Waals surface area contributed by atoms with E-state index in [-0.39, 0.29) is 0 Å². The van der Waals surface area contributed by atoms with Crippen LogP contribution in [0.5, 0.6) is 0 Å². The highest BCUT2D eigenvalue weighted by Crippen LogP contribution is 2.29. The largest absolute Gasteiger partial charge is 0.480 e. The zero-order valence-electron chi connectivity index (χ0n) is 22.6. The zero-order valence-corrected chi connectivity index (χ0v) is 22.6. The molecule has 7 atom stereocenters. The third kappa shape index (κ3) is 10.9. The number of aliphatic carboxylic acids is 1. The Morgan fingerprint density at radius 2 is 1.47 bits per heavy atom. The molecule has 0 aromatic carbocycles. The van der Waals surface area contributed by atoms with Gasteiger partial charge in [-0.15, -0.1) is 0 Å². The molecule has 1 heterocycles. The molecular formula is C23H36N2O13. The van der Waals surface area contributed by atoms with Crippen LogP contribution in [0.4, 0.5) is 4.79 Å². The summed E-state index contributed by atoms with van der Waals surface area (Å²) in [7, 11) is 0. The van der Waals surface area contributed by atoms with Gasteiger partial charge in [0.05, 0.1) is 6.10 Å². The number of carbonyl (C=O) groups excluding carboxylic acids is 5. The van der Waals surface area contributed by atoms with Gasteiger partial charge in [0, 0.05) is 27.7 Å². The van der Waals surface area contributed by atoms with Gasteiger partial charge in [-0.25, -0.2) is 9.59 Å². The van der Waals surface area contributed by atoms with Gasteiger partial charge in [-0.3, -0.25) is 19.2 Å². The van der Waals surface area contributed by atoms with Gasteiger partial charge in [0.15, 0.2) is 24.5 Å². The average molecular weight is 549 g/mol. The van der Waals surface area contributed by atoms with Crippen molar-refractivity contribution in [2.24, 2.45) is 0 Å². The van der Waals surface area contributed by atoms with Crippen molar-refractivity contribution in [3.05, 3.63) is 0 Å². The van der Waals surface area contributed by atoms with Gasteiger partial charge in [0.1, 0.15) is 24.4 Å². The third-order valence-electron chi connectivity index (χ3n) is 4.83. The second-order valence-electron chi connectivity index (χ2n) is 9.52. The summed E-state index contributed by atoms with van der Waals surface area (Å²) in [6.45, 7) is 10.1. The summed E-state index contributed by atoms with van der Waals surface area (Å²) in [5.41, 5.74) is -0.910. The van der Waals surface area contributed by atoms with E-state index in [0.717, 1.165) is 27.7 Å². The molecule has 0 bridgehead atoms. The van der Waals surface area contributed by atoms with E-state index >= 15 is 0 Å². The Labute approximate surface area is 219 Å². The van der Waals surface area contributed by atoms with Gasteiger partial charge >= 0.3 is 30.0 Å². The topological polar surface area (TPSA) is 202 Å². The molecule has 3 N–H and O–H groups in total. The number of carboxylic acids is 1. The van der Waals surface area contributed by atoms with Gasteiger partial charge in [-0.05, 0) is 27.7 Å². The number of nitrogens with one attached hydrogen (secondary N) is 2. The second kappa shape index (κ2) is 13.9. The molecule has 15 nitrogen and oxygen atoms in total. The first-order valence-corrected chi connectivity index (χ1v) is 11.7. The molecule has 0 aromatic heterocycles. The number of amides is 2. The number of carbonyl (C=O) groups is 6. The molecule has 15 heteroatoms. The predicted molar refractivity (Wildman–Crippen MR) is 125 cm³/mol. The summed E-state index contributed by atoms with van der Waals surface area (Å²) in [6, 6.07) is -2.95. The van der Waals surface area contributed by atoms with Crippen LogP contribution in [0.15, 0.2) is 0 Å². The van der Waals surface area contributed by atoms with E-state index in [2.05, 4.69) is 10.6 Å². The van der Waals surface area contributed by atoms with Gasteiger partial charge in [-0.1, -0.05) is 0 Å². The van der Waals surface area contributed by atoms with Crippen molar-refractivity contribution in [2.75, 3.05) is 6.61 Å². The summed E-state index contributed by atoms with van der Waals surface area (Å²) in [4.78, 5) is 71.3. The highest BCUT2D eigenvalue weighted by molar-refractivity contribution is 5.80. The normalized spacial score (nSPS) is 24.7. The van der Waals surface area contributed by atoms with Crippen molar-refractivity contribution in [2.45, 2.75) is 104 Å². The van der Waals surface area contributed by atoms with Gasteiger partial charge in [0.2, 0.25) is 5.91 Å². The summed E-state index contributed by atoms with van der Waals surface area (Å²) >= 11 is 0. The molecule has 2 unspecified atom stereocenters. The van der Waals surface area contributed by atoms with E-state index in [1.54, 1.807) is 20.8 Å². The van der Waals surface area contributed by atoms with E-state index in [1.807, 2.05) is 0 Å². The molecule has 0 spiro atoms. The Hall–Kier alpha value is -3.46.